The number of aromatic hydroxyl groups is 1. The number of phenols is 1. The molecular weight excluding hydrogens is 854 g/mol. The van der Waals surface area contributed by atoms with Crippen molar-refractivity contribution < 1.29 is 26.2 Å². The van der Waals surface area contributed by atoms with Gasteiger partial charge in [0.25, 0.3) is 0 Å². The molecular formula is C50H36N3OPt-. The summed E-state index contributed by atoms with van der Waals surface area (Å²) in [5.74, 6) is 0.969. The van der Waals surface area contributed by atoms with Gasteiger partial charge in [0.2, 0.25) is 0 Å². The molecule has 0 radical (unpaired) electrons. The molecule has 2 heterocycles. The number of benzene rings is 7. The van der Waals surface area contributed by atoms with Crippen LogP contribution in [0.2, 0.25) is 0 Å². The van der Waals surface area contributed by atoms with Gasteiger partial charge < -0.3 is 9.67 Å². The second-order valence-electron chi connectivity index (χ2n) is 13.5. The zero-order chi connectivity index (χ0) is 36.3. The Labute approximate surface area is 335 Å². The van der Waals surface area contributed by atoms with Crippen LogP contribution in [0.25, 0.3) is 61.4 Å². The fourth-order valence-corrected chi connectivity index (χ4v) is 7.48. The molecule has 0 spiro atoms. The molecule has 0 saturated carbocycles. The predicted molar refractivity (Wildman–Crippen MR) is 220 cm³/mol. The maximum Gasteiger partial charge on any atom is 0.128 e. The van der Waals surface area contributed by atoms with Crippen molar-refractivity contribution >= 4 is 10.8 Å². The number of imidazole rings is 1. The first-order valence-corrected chi connectivity index (χ1v) is 18.2. The predicted octanol–water partition coefficient (Wildman–Crippen LogP) is 11.8. The van der Waals surface area contributed by atoms with E-state index < -0.39 is 0 Å². The van der Waals surface area contributed by atoms with Gasteiger partial charge in [0.1, 0.15) is 5.75 Å². The third kappa shape index (κ3) is 7.17. The third-order valence-electron chi connectivity index (χ3n) is 10.1. The van der Waals surface area contributed by atoms with E-state index in [-0.39, 0.29) is 26.8 Å². The minimum Gasteiger partial charge on any atom is -0.507 e. The molecule has 0 aliphatic rings. The molecule has 0 amide bonds. The standard InChI is InChI=1S/C50H36N3O.Pt/c54-49-40(30-38-22-10-11-23-39(38)31-42-33-51-32-41-24-12-13-26-43(41)42)25-14-29-46(49)47-34-53(50(52-47)37-20-8-3-9-21-37)48-44(35-16-4-1-5-17-35)27-15-28-45(48)36-18-6-2-7-19-36;/h1-20,22-29,32-34,54H,30-31H2;/q-1;. The van der Waals surface area contributed by atoms with Gasteiger partial charge in [-0.3, -0.25) is 9.97 Å². The van der Waals surface area contributed by atoms with Gasteiger partial charge in [-0.15, -0.1) is 35.9 Å². The molecule has 0 unspecified atom stereocenters. The molecule has 9 rings (SSSR count). The first-order valence-electron chi connectivity index (χ1n) is 18.2. The van der Waals surface area contributed by atoms with E-state index in [1.54, 1.807) is 0 Å². The van der Waals surface area contributed by atoms with Crippen molar-refractivity contribution in [1.29, 1.82) is 0 Å². The first kappa shape index (κ1) is 35.7. The minimum atomic E-state index is 0. The molecule has 9 aromatic rings. The van der Waals surface area contributed by atoms with Crippen molar-refractivity contribution in [2.75, 3.05) is 0 Å². The maximum absolute atomic E-state index is 12.1. The van der Waals surface area contributed by atoms with Gasteiger partial charge in [0.05, 0.1) is 17.2 Å². The molecule has 2 aromatic heterocycles. The van der Waals surface area contributed by atoms with E-state index in [9.17, 15) is 5.11 Å². The Morgan fingerprint density at radius 1 is 0.527 bits per heavy atom. The van der Waals surface area contributed by atoms with Crippen molar-refractivity contribution in [3.8, 4) is 56.3 Å². The van der Waals surface area contributed by atoms with E-state index in [0.717, 1.165) is 62.3 Å². The van der Waals surface area contributed by atoms with Crippen molar-refractivity contribution in [3.63, 3.8) is 0 Å². The normalized spacial score (nSPS) is 11.0. The van der Waals surface area contributed by atoms with Gasteiger partial charge >= 0.3 is 0 Å². The fraction of sp³-hybridized carbons (Fsp3) is 0.0400. The van der Waals surface area contributed by atoms with Crippen LogP contribution in [0.5, 0.6) is 5.75 Å². The number of phenolic OH excluding ortho intramolecular Hbond substituents is 1. The number of fused-ring (bicyclic) bond motifs is 1. The summed E-state index contributed by atoms with van der Waals surface area (Å²) in [6.07, 6.45) is 7.26. The van der Waals surface area contributed by atoms with Crippen LogP contribution in [0.15, 0.2) is 188 Å². The summed E-state index contributed by atoms with van der Waals surface area (Å²) in [4.78, 5) is 9.80. The summed E-state index contributed by atoms with van der Waals surface area (Å²) in [6.45, 7) is 0. The molecule has 0 aliphatic carbocycles. The largest absolute Gasteiger partial charge is 0.507 e. The van der Waals surface area contributed by atoms with E-state index in [1.165, 1.54) is 16.5 Å². The molecule has 55 heavy (non-hydrogen) atoms. The maximum atomic E-state index is 12.1. The van der Waals surface area contributed by atoms with E-state index in [2.05, 4.69) is 131 Å². The Morgan fingerprint density at radius 3 is 1.80 bits per heavy atom. The second kappa shape index (κ2) is 15.9. The van der Waals surface area contributed by atoms with Crippen LogP contribution in [-0.4, -0.2) is 19.6 Å². The number of aromatic nitrogens is 3. The van der Waals surface area contributed by atoms with Crippen LogP contribution in [0.1, 0.15) is 22.3 Å². The summed E-state index contributed by atoms with van der Waals surface area (Å²) in [7, 11) is 0. The Balaban J connectivity index is 0.00000427. The summed E-state index contributed by atoms with van der Waals surface area (Å²) in [5.41, 5.74) is 12.0. The molecule has 0 bridgehead atoms. The third-order valence-corrected chi connectivity index (χ3v) is 10.1. The average molecular weight is 890 g/mol. The van der Waals surface area contributed by atoms with Crippen molar-refractivity contribution in [2.45, 2.75) is 12.8 Å². The van der Waals surface area contributed by atoms with Gasteiger partial charge in [-0.2, -0.15) is 0 Å². The summed E-state index contributed by atoms with van der Waals surface area (Å²) in [5, 5.41) is 14.4. The van der Waals surface area contributed by atoms with Crippen LogP contribution in [0.3, 0.4) is 0 Å². The van der Waals surface area contributed by atoms with Gasteiger partial charge in [-0.1, -0.05) is 140 Å². The molecule has 1 N–H and O–H groups in total. The van der Waals surface area contributed by atoms with E-state index in [0.29, 0.717) is 17.7 Å². The molecule has 0 saturated heterocycles. The van der Waals surface area contributed by atoms with Crippen LogP contribution in [-0.2, 0) is 33.9 Å². The summed E-state index contributed by atoms with van der Waals surface area (Å²) in [6, 6.07) is 61.6. The second-order valence-corrected chi connectivity index (χ2v) is 13.5. The van der Waals surface area contributed by atoms with Crippen LogP contribution in [0.4, 0.5) is 0 Å². The van der Waals surface area contributed by atoms with Crippen molar-refractivity contribution in [3.05, 3.63) is 217 Å². The molecule has 0 aliphatic heterocycles. The van der Waals surface area contributed by atoms with Crippen LogP contribution in [0, 0.1) is 6.07 Å². The van der Waals surface area contributed by atoms with Crippen LogP contribution < -0.4 is 0 Å². The van der Waals surface area contributed by atoms with E-state index >= 15 is 0 Å². The van der Waals surface area contributed by atoms with Gasteiger partial charge in [-0.05, 0) is 51.3 Å². The molecule has 5 heteroatoms. The monoisotopic (exact) mass is 889 g/mol. The molecule has 0 fully saturated rings. The molecule has 268 valence electrons. The Bertz CT molecular complexity index is 2660. The topological polar surface area (TPSA) is 50.9 Å². The molecule has 0 atom stereocenters. The van der Waals surface area contributed by atoms with E-state index in [4.69, 9.17) is 4.98 Å². The smallest absolute Gasteiger partial charge is 0.128 e. The number of para-hydroxylation sites is 2. The first-order chi connectivity index (χ1) is 26.7. The fourth-order valence-electron chi connectivity index (χ4n) is 7.48. The Hall–Kier alpha value is -6.35. The number of pyridine rings is 1. The zero-order valence-corrected chi connectivity index (χ0v) is 32.2. The summed E-state index contributed by atoms with van der Waals surface area (Å²) >= 11 is 0. The van der Waals surface area contributed by atoms with E-state index in [1.807, 2.05) is 73.1 Å². The van der Waals surface area contributed by atoms with Crippen molar-refractivity contribution in [2.24, 2.45) is 0 Å². The number of hydrogen-bond acceptors (Lipinski definition) is 3. The van der Waals surface area contributed by atoms with Crippen LogP contribution >= 0.6 is 0 Å². The van der Waals surface area contributed by atoms with Gasteiger partial charge in [0, 0.05) is 68.2 Å². The number of rotatable bonds is 9. The van der Waals surface area contributed by atoms with Crippen molar-refractivity contribution in [1.82, 2.24) is 14.5 Å². The number of hydrogen-bond donors (Lipinski definition) is 1. The minimum absolute atomic E-state index is 0. The Morgan fingerprint density at radius 2 is 1.11 bits per heavy atom. The molecule has 4 nitrogen and oxygen atoms in total. The quantitative estimate of drug-likeness (QED) is 0.147. The Kier molecular flexibility index (Phi) is 10.3. The SMILES string of the molecule is Oc1c(Cc2ccccc2Cc2cncc3ccccc23)cccc1-c1cn(-c2c(-c3ccccc3)cccc2-c2ccccc2)c(-c2[c-]cccc2)n1.[Pt]. The molecule has 7 aromatic carbocycles. The number of nitrogens with zero attached hydrogens (tertiary/aromatic N) is 3. The summed E-state index contributed by atoms with van der Waals surface area (Å²) < 4.78 is 2.17. The van der Waals surface area contributed by atoms with Gasteiger partial charge in [-0.25, -0.2) is 0 Å². The average Bonchev–Trinajstić information content (AvgIpc) is 3.68. The van der Waals surface area contributed by atoms with Gasteiger partial charge in [0.15, 0.2) is 0 Å². The zero-order valence-electron chi connectivity index (χ0n) is 29.9.